The van der Waals surface area contributed by atoms with Crippen molar-refractivity contribution in [3.8, 4) is 95.9 Å². The number of rotatable bonds is 25. The molecule has 6 fully saturated rings. The molecule has 17 rings (SSSR count). The molecule has 0 radical (unpaired) electrons. The SMILES string of the molecule is C=CC(=O)N1CCC(Oc2ccc(-c3ccc(Cl)cc3)cc2)CC1.C=CC(=O)N1CCC(Oc2ccc(-c3cccc(Cl)c3)cc2)CC1.C=CC(=O)N1CCC(Oc2ccc(-c3cccc(NC(C)=O)c3)cc2)CC1.C=CC(=O)N1CCC(Oc2ccc(-c3ccccc3Cl)cc2)CC1.C=CC(=O)N1CCC(Oc2cccc(-c3ccccc3OC)c2)CC1.C=CC(=O)N1CCC(Oc2ccnnc2)CC1. The second-order valence-electron chi connectivity index (χ2n) is 34.2. The molecular formula is C115H122Cl3N9O14. The molecule has 6 aliphatic rings. The van der Waals surface area contributed by atoms with Gasteiger partial charge in [0, 0.05) is 200 Å². The van der Waals surface area contributed by atoms with E-state index in [-0.39, 0.29) is 78.0 Å². The standard InChI is InChI=1S/C22H24N2O3.C21H23NO3.3C20H20ClNO2.C12H15N3O2/c1-3-22(26)24-13-11-21(12-14-24)27-20-9-7-17(8-10-20)18-5-4-6-19(15-18)23-16(2)25;1-3-21(23)22-13-11-17(12-14-22)25-18-8-6-7-16(15-18)19-9-4-5-10-20(19)24-2;1-2-20(23)22-13-11-19(12-14-22)24-18-9-5-16(6-10-18)15-3-7-17(21)8-4-15;1-2-20(23)22-12-10-19(11-13-22)24-18-8-6-15(7-9-18)16-4-3-5-17(21)14-16;1-2-20(23)22-13-11-17(12-14-22)24-16-9-7-15(8-10-16)18-5-3-4-6-19(18)21;1-2-12(16)15-7-4-10(5-8-15)17-11-3-6-13-14-9-11/h3-10,15,21H,1,11-14H2,2H3,(H,23,25);3-10,15,17H,1,11-14H2,2H3;2-10,19H,1,11-14H2;2-9,14,19H,1,10-13H2;2-10,17H,1,11-14H2;2-3,6,9-10H,1,4-5,7-8H2. The maximum Gasteiger partial charge on any atom is 0.245 e. The van der Waals surface area contributed by atoms with E-state index < -0.39 is 0 Å². The summed E-state index contributed by atoms with van der Waals surface area (Å²) in [5, 5.41) is 12.5. The highest BCUT2D eigenvalue weighted by molar-refractivity contribution is 6.33. The number of amides is 7. The van der Waals surface area contributed by atoms with E-state index in [1.165, 1.54) is 43.4 Å². The van der Waals surface area contributed by atoms with Crippen molar-refractivity contribution in [1.29, 1.82) is 0 Å². The normalized spacial score (nSPS) is 15.1. The first-order chi connectivity index (χ1) is 68.5. The van der Waals surface area contributed by atoms with Crippen LogP contribution in [0.25, 0.3) is 55.6 Å². The molecule has 1 aromatic heterocycles. The number of carbonyl (C=O) groups is 7. The topological polar surface area (TPSA) is 241 Å². The molecule has 0 spiro atoms. The fourth-order valence-corrected chi connectivity index (χ4v) is 17.5. The number of likely N-dealkylation sites (tertiary alicyclic amines) is 6. The van der Waals surface area contributed by atoms with Gasteiger partial charge in [0.2, 0.25) is 41.4 Å². The third kappa shape index (κ3) is 32.8. The van der Waals surface area contributed by atoms with E-state index in [0.29, 0.717) is 52.4 Å². The summed E-state index contributed by atoms with van der Waals surface area (Å²) in [6.45, 7) is 31.2. The van der Waals surface area contributed by atoms with Gasteiger partial charge < -0.3 is 67.9 Å². The van der Waals surface area contributed by atoms with Crippen molar-refractivity contribution in [3.63, 3.8) is 0 Å². The summed E-state index contributed by atoms with van der Waals surface area (Å²) in [7, 11) is 1.68. The van der Waals surface area contributed by atoms with Crippen molar-refractivity contribution >= 4 is 81.8 Å². The summed E-state index contributed by atoms with van der Waals surface area (Å²) in [4.78, 5) is 91.5. The van der Waals surface area contributed by atoms with Crippen LogP contribution in [0.15, 0.2) is 337 Å². The van der Waals surface area contributed by atoms with E-state index in [2.05, 4.69) is 73.2 Å². The van der Waals surface area contributed by atoms with Gasteiger partial charge in [0.1, 0.15) is 76.9 Å². The van der Waals surface area contributed by atoms with Crippen LogP contribution in [0.3, 0.4) is 0 Å². The summed E-state index contributed by atoms with van der Waals surface area (Å²) >= 11 is 18.2. The number of halogens is 3. The lowest BCUT2D eigenvalue weighted by Gasteiger charge is -2.31. The zero-order chi connectivity index (χ0) is 99.8. The molecule has 0 bridgehead atoms. The Balaban J connectivity index is 0.000000152. The molecule has 0 unspecified atom stereocenters. The Morgan fingerprint density at radius 1 is 0.298 bits per heavy atom. The Hall–Kier alpha value is -14.5. The molecule has 26 heteroatoms. The number of methoxy groups -OCH3 is 1. The first kappa shape index (κ1) is 105. The number of hydrogen-bond donors (Lipinski definition) is 1. The molecule has 23 nitrogen and oxygen atoms in total. The van der Waals surface area contributed by atoms with Crippen LogP contribution in [0.1, 0.15) is 84.0 Å². The fraction of sp³-hybridized carbons (Fsp3) is 0.278. The highest BCUT2D eigenvalue weighted by atomic mass is 35.5. The molecule has 0 saturated carbocycles. The van der Waals surface area contributed by atoms with E-state index in [4.69, 9.17) is 68.0 Å². The number of nitrogens with zero attached hydrogens (tertiary/aromatic N) is 8. The number of nitrogens with one attached hydrogen (secondary N) is 1. The van der Waals surface area contributed by atoms with E-state index in [1.807, 2.05) is 244 Å². The number of para-hydroxylation sites is 1. The molecule has 6 aliphatic heterocycles. The first-order valence-electron chi connectivity index (χ1n) is 47.6. The predicted molar refractivity (Wildman–Crippen MR) is 560 cm³/mol. The summed E-state index contributed by atoms with van der Waals surface area (Å²) in [6, 6.07) is 81.0. The van der Waals surface area contributed by atoms with Gasteiger partial charge in [-0.25, -0.2) is 0 Å². The Bertz CT molecular complexity index is 5970. The maximum absolute atomic E-state index is 11.6. The minimum absolute atomic E-state index is 0.000625. The third-order valence-corrected chi connectivity index (χ3v) is 25.5. The number of carbonyl (C=O) groups excluding carboxylic acids is 7. The van der Waals surface area contributed by atoms with E-state index in [1.54, 1.807) is 35.4 Å². The average molecular weight is 1960 g/mol. The van der Waals surface area contributed by atoms with Crippen molar-refractivity contribution in [1.82, 2.24) is 39.6 Å². The summed E-state index contributed by atoms with van der Waals surface area (Å²) in [5.74, 6) is 5.70. The minimum Gasteiger partial charge on any atom is -0.496 e. The van der Waals surface area contributed by atoms with Gasteiger partial charge in [-0.05, 0) is 190 Å². The molecule has 141 heavy (non-hydrogen) atoms. The third-order valence-electron chi connectivity index (χ3n) is 24.6. The van der Waals surface area contributed by atoms with Crippen LogP contribution in [0.2, 0.25) is 15.1 Å². The molecule has 0 atom stereocenters. The Morgan fingerprint density at radius 2 is 0.610 bits per heavy atom. The second kappa shape index (κ2) is 54.7. The average Bonchev–Trinajstić information content (AvgIpc) is 0.826. The van der Waals surface area contributed by atoms with Crippen LogP contribution in [0.5, 0.6) is 40.2 Å². The van der Waals surface area contributed by atoms with Crippen molar-refractivity contribution < 1.29 is 66.7 Å². The van der Waals surface area contributed by atoms with Gasteiger partial charge in [-0.1, -0.05) is 208 Å². The van der Waals surface area contributed by atoms with Crippen LogP contribution in [-0.2, 0) is 33.6 Å². The van der Waals surface area contributed by atoms with Crippen LogP contribution in [0.4, 0.5) is 5.69 Å². The summed E-state index contributed by atoms with van der Waals surface area (Å²) in [5.41, 5.74) is 11.5. The van der Waals surface area contributed by atoms with Gasteiger partial charge in [-0.3, -0.25) is 33.6 Å². The lowest BCUT2D eigenvalue weighted by molar-refractivity contribution is -0.128. The number of hydrogen-bond acceptors (Lipinski definition) is 16. The zero-order valence-electron chi connectivity index (χ0n) is 79.9. The van der Waals surface area contributed by atoms with Crippen molar-refractivity contribution in [2.75, 3.05) is 91.0 Å². The molecule has 7 heterocycles. The molecule has 732 valence electrons. The lowest BCUT2D eigenvalue weighted by atomic mass is 10.0. The highest BCUT2D eigenvalue weighted by Gasteiger charge is 2.30. The minimum atomic E-state index is -0.0864. The van der Waals surface area contributed by atoms with Crippen LogP contribution >= 0.6 is 34.8 Å². The number of benzene rings is 10. The van der Waals surface area contributed by atoms with Crippen molar-refractivity contribution in [2.24, 2.45) is 0 Å². The van der Waals surface area contributed by atoms with Crippen LogP contribution in [-0.4, -0.2) is 203 Å². The summed E-state index contributed by atoms with van der Waals surface area (Å²) < 4.78 is 41.5. The Morgan fingerprint density at radius 3 is 0.957 bits per heavy atom. The number of ether oxygens (including phenoxy) is 7. The molecule has 10 aromatic carbocycles. The lowest BCUT2D eigenvalue weighted by Crippen LogP contribution is -2.41. The van der Waals surface area contributed by atoms with Gasteiger partial charge in [-0.2, -0.15) is 10.2 Å². The number of piperidine rings is 6. The van der Waals surface area contributed by atoms with Gasteiger partial charge >= 0.3 is 0 Å². The monoisotopic (exact) mass is 1960 g/mol. The number of aromatic nitrogens is 2. The predicted octanol–water partition coefficient (Wildman–Crippen LogP) is 22.5. The van der Waals surface area contributed by atoms with Gasteiger partial charge in [-0.15, -0.1) is 0 Å². The maximum atomic E-state index is 11.6. The van der Waals surface area contributed by atoms with Crippen molar-refractivity contribution in [3.05, 3.63) is 352 Å². The van der Waals surface area contributed by atoms with E-state index in [0.717, 1.165) is 220 Å². The Labute approximate surface area is 842 Å². The Kier molecular flexibility index (Phi) is 40.9. The van der Waals surface area contributed by atoms with Gasteiger partial charge in [0.05, 0.1) is 19.5 Å². The second-order valence-corrected chi connectivity index (χ2v) is 35.5. The van der Waals surface area contributed by atoms with Crippen LogP contribution in [0, 0.1) is 0 Å². The molecular weight excluding hydrogens is 1840 g/mol. The molecule has 1 N–H and O–H groups in total. The molecule has 7 amide bonds. The molecule has 11 aromatic rings. The number of anilines is 1. The molecule has 0 aliphatic carbocycles. The smallest absolute Gasteiger partial charge is 0.245 e. The molecule has 6 saturated heterocycles. The largest absolute Gasteiger partial charge is 0.496 e. The summed E-state index contributed by atoms with van der Waals surface area (Å²) in [6.07, 6.45) is 22.3. The van der Waals surface area contributed by atoms with Gasteiger partial charge in [0.15, 0.2) is 0 Å². The highest BCUT2D eigenvalue weighted by Crippen LogP contribution is 2.37. The van der Waals surface area contributed by atoms with E-state index >= 15 is 0 Å². The van der Waals surface area contributed by atoms with Gasteiger partial charge in [0.25, 0.3) is 0 Å². The fourth-order valence-electron chi connectivity index (χ4n) is 16.9. The van der Waals surface area contributed by atoms with Crippen molar-refractivity contribution in [2.45, 2.75) is 121 Å². The first-order valence-corrected chi connectivity index (χ1v) is 48.7. The van der Waals surface area contributed by atoms with Crippen LogP contribution < -0.4 is 38.5 Å². The quantitative estimate of drug-likeness (QED) is 0.0523. The van der Waals surface area contributed by atoms with E-state index in [9.17, 15) is 33.6 Å². The zero-order valence-corrected chi connectivity index (χ0v) is 82.2.